The highest BCUT2D eigenvalue weighted by Gasteiger charge is 2.76. The number of halogens is 8. The number of aromatic amines is 1. The van der Waals surface area contributed by atoms with E-state index in [1.807, 2.05) is 0 Å². The van der Waals surface area contributed by atoms with E-state index in [0.29, 0.717) is 6.07 Å². The molecule has 0 radical (unpaired) electrons. The average molecular weight is 388 g/mol. The van der Waals surface area contributed by atoms with E-state index in [1.54, 1.807) is 11.1 Å². The normalized spacial score (nSPS) is 13.3. The minimum absolute atomic E-state index is 0.184. The van der Waals surface area contributed by atoms with Crippen LogP contribution in [0, 0.1) is 4.77 Å². The number of aromatic nitrogens is 2. The van der Waals surface area contributed by atoms with Crippen molar-refractivity contribution >= 4 is 12.2 Å². The number of H-pyrrole nitrogens is 1. The van der Waals surface area contributed by atoms with Crippen LogP contribution in [0.1, 0.15) is 5.69 Å². The maximum absolute atomic E-state index is 14.0. The Balaban J connectivity index is 2.61. The van der Waals surface area contributed by atoms with Crippen molar-refractivity contribution in [3.63, 3.8) is 0 Å². The first-order valence-electron chi connectivity index (χ1n) is 6.50. The number of nitrogens with one attached hydrogen (secondary N) is 1. The average Bonchev–Trinajstić information content (AvgIpc) is 2.54. The molecule has 25 heavy (non-hydrogen) atoms. The molecule has 0 aliphatic heterocycles. The van der Waals surface area contributed by atoms with Gasteiger partial charge in [0.05, 0.1) is 11.4 Å². The third-order valence-electron chi connectivity index (χ3n) is 3.24. The SMILES string of the molecule is FC(F)C(F)(F)C(F)(F)C(F)(F)c1cc(-c2ccccc2)nc(=S)[nH]1. The summed E-state index contributed by atoms with van der Waals surface area (Å²) in [4.78, 5) is 5.21. The van der Waals surface area contributed by atoms with E-state index in [2.05, 4.69) is 17.2 Å². The molecule has 0 bridgehead atoms. The molecule has 0 atom stereocenters. The van der Waals surface area contributed by atoms with Crippen LogP contribution in [0.3, 0.4) is 0 Å². The van der Waals surface area contributed by atoms with Gasteiger partial charge >= 0.3 is 24.2 Å². The second kappa shape index (κ2) is 6.36. The Labute approximate surface area is 140 Å². The molecule has 1 N–H and O–H groups in total. The van der Waals surface area contributed by atoms with E-state index >= 15 is 0 Å². The van der Waals surface area contributed by atoms with Gasteiger partial charge in [-0.05, 0) is 18.3 Å². The smallest absolute Gasteiger partial charge is 0.329 e. The quantitative estimate of drug-likeness (QED) is 0.546. The maximum atomic E-state index is 14.0. The highest BCUT2D eigenvalue weighted by atomic mass is 32.1. The molecule has 1 aromatic heterocycles. The summed E-state index contributed by atoms with van der Waals surface area (Å²) in [6.07, 6.45) is -4.99. The van der Waals surface area contributed by atoms with E-state index in [1.165, 1.54) is 24.3 Å². The molecule has 2 nitrogen and oxygen atoms in total. The summed E-state index contributed by atoms with van der Waals surface area (Å²) in [6, 6.07) is 7.65. The van der Waals surface area contributed by atoms with Crippen LogP contribution in [0.4, 0.5) is 35.1 Å². The highest BCUT2D eigenvalue weighted by Crippen LogP contribution is 2.52. The van der Waals surface area contributed by atoms with Crippen molar-refractivity contribution in [3.05, 3.63) is 46.9 Å². The first-order chi connectivity index (χ1) is 11.4. The van der Waals surface area contributed by atoms with Gasteiger partial charge in [-0.1, -0.05) is 30.3 Å². The van der Waals surface area contributed by atoms with Crippen LogP contribution < -0.4 is 0 Å². The van der Waals surface area contributed by atoms with Crippen molar-refractivity contribution in [2.75, 3.05) is 0 Å². The molecule has 0 amide bonds. The Hall–Kier alpha value is -2.04. The van der Waals surface area contributed by atoms with E-state index < -0.39 is 34.7 Å². The summed E-state index contributed by atoms with van der Waals surface area (Å²) in [5.74, 6) is -18.3. The van der Waals surface area contributed by atoms with Crippen LogP contribution in [0.25, 0.3) is 11.3 Å². The predicted molar refractivity (Wildman–Crippen MR) is 74.6 cm³/mol. The van der Waals surface area contributed by atoms with Crippen molar-refractivity contribution in [2.45, 2.75) is 24.2 Å². The highest BCUT2D eigenvalue weighted by molar-refractivity contribution is 7.71. The van der Waals surface area contributed by atoms with Gasteiger partial charge in [0.15, 0.2) is 4.77 Å². The van der Waals surface area contributed by atoms with Crippen molar-refractivity contribution in [2.24, 2.45) is 0 Å². The van der Waals surface area contributed by atoms with Crippen molar-refractivity contribution in [1.82, 2.24) is 9.97 Å². The van der Waals surface area contributed by atoms with Crippen LogP contribution >= 0.6 is 12.2 Å². The van der Waals surface area contributed by atoms with Gasteiger partial charge in [-0.15, -0.1) is 0 Å². The van der Waals surface area contributed by atoms with Crippen LogP contribution in [0.2, 0.25) is 0 Å². The van der Waals surface area contributed by atoms with Gasteiger partial charge in [-0.25, -0.2) is 13.8 Å². The Morgan fingerprint density at radius 3 is 2.04 bits per heavy atom. The number of rotatable bonds is 5. The van der Waals surface area contributed by atoms with Gasteiger partial charge in [0.25, 0.3) is 0 Å². The van der Waals surface area contributed by atoms with Crippen LogP contribution in [-0.4, -0.2) is 28.2 Å². The molecular formula is C14H8F8N2S. The zero-order valence-corrected chi connectivity index (χ0v) is 12.7. The topological polar surface area (TPSA) is 28.7 Å². The second-order valence-electron chi connectivity index (χ2n) is 4.92. The first kappa shape index (κ1) is 19.3. The van der Waals surface area contributed by atoms with E-state index in [0.717, 1.165) is 0 Å². The zero-order chi connectivity index (χ0) is 19.0. The molecule has 1 aromatic carbocycles. The van der Waals surface area contributed by atoms with Crippen LogP contribution in [0.15, 0.2) is 36.4 Å². The minimum atomic E-state index is -6.37. The van der Waals surface area contributed by atoms with E-state index in [9.17, 15) is 35.1 Å². The fourth-order valence-corrected chi connectivity index (χ4v) is 2.11. The molecular weight excluding hydrogens is 380 g/mol. The lowest BCUT2D eigenvalue weighted by molar-refractivity contribution is -0.344. The van der Waals surface area contributed by atoms with Gasteiger partial charge in [-0.3, -0.25) is 0 Å². The Morgan fingerprint density at radius 2 is 1.52 bits per heavy atom. The van der Waals surface area contributed by atoms with Crippen molar-refractivity contribution < 1.29 is 35.1 Å². The standard InChI is InChI=1S/C14H8F8N2S/c15-10(16)13(19,20)14(21,22)12(17,18)9-6-8(23-11(25)24-9)7-4-2-1-3-5-7/h1-6,10H,(H,23,24,25). The number of hydrogen-bond acceptors (Lipinski definition) is 2. The molecule has 2 rings (SSSR count). The fraction of sp³-hybridized carbons (Fsp3) is 0.286. The largest absolute Gasteiger partial charge is 0.383 e. The van der Waals surface area contributed by atoms with Crippen molar-refractivity contribution in [3.8, 4) is 11.3 Å². The second-order valence-corrected chi connectivity index (χ2v) is 5.31. The van der Waals surface area contributed by atoms with Gasteiger partial charge < -0.3 is 4.98 Å². The number of alkyl halides is 8. The maximum Gasteiger partial charge on any atom is 0.383 e. The molecule has 0 aliphatic carbocycles. The minimum Gasteiger partial charge on any atom is -0.329 e. The summed E-state index contributed by atoms with van der Waals surface area (Å²) in [5, 5.41) is 0. The lowest BCUT2D eigenvalue weighted by atomic mass is 10.00. The summed E-state index contributed by atoms with van der Waals surface area (Å²) in [5.41, 5.74) is -1.88. The molecule has 136 valence electrons. The summed E-state index contributed by atoms with van der Waals surface area (Å²) >= 11 is 4.54. The molecule has 0 unspecified atom stereocenters. The molecule has 2 aromatic rings. The molecule has 0 fully saturated rings. The predicted octanol–water partition coefficient (Wildman–Crippen LogP) is 5.43. The zero-order valence-electron chi connectivity index (χ0n) is 11.9. The molecule has 0 aliphatic rings. The number of benzene rings is 1. The lowest BCUT2D eigenvalue weighted by Gasteiger charge is -2.32. The Bertz CT molecular complexity index is 804. The van der Waals surface area contributed by atoms with Gasteiger partial charge in [0, 0.05) is 5.56 Å². The molecule has 1 heterocycles. The van der Waals surface area contributed by atoms with Crippen LogP contribution in [-0.2, 0) is 5.92 Å². The molecule has 11 heteroatoms. The molecule has 0 spiro atoms. The van der Waals surface area contributed by atoms with Crippen LogP contribution in [0.5, 0.6) is 0 Å². The van der Waals surface area contributed by atoms with Gasteiger partial charge in [0.2, 0.25) is 0 Å². The number of nitrogens with zero attached hydrogens (tertiary/aromatic N) is 1. The third kappa shape index (κ3) is 3.24. The summed E-state index contributed by atoms with van der Waals surface area (Å²) in [6.45, 7) is 0. The molecule has 0 saturated heterocycles. The third-order valence-corrected chi connectivity index (χ3v) is 3.43. The van der Waals surface area contributed by atoms with E-state index in [-0.39, 0.29) is 11.3 Å². The van der Waals surface area contributed by atoms with Crippen molar-refractivity contribution in [1.29, 1.82) is 0 Å². The summed E-state index contributed by atoms with van der Waals surface area (Å²) < 4.78 is 105. The van der Waals surface area contributed by atoms with Gasteiger partial charge in [-0.2, -0.15) is 26.3 Å². The lowest BCUT2D eigenvalue weighted by Crippen LogP contribution is -2.56. The first-order valence-corrected chi connectivity index (χ1v) is 6.91. The Morgan fingerprint density at radius 1 is 0.960 bits per heavy atom. The molecule has 0 saturated carbocycles. The summed E-state index contributed by atoms with van der Waals surface area (Å²) in [7, 11) is 0. The monoisotopic (exact) mass is 388 g/mol. The number of hydrogen-bond donors (Lipinski definition) is 1. The fourth-order valence-electron chi connectivity index (χ4n) is 1.90. The van der Waals surface area contributed by atoms with Gasteiger partial charge in [0.1, 0.15) is 0 Å². The Kier molecular flexibility index (Phi) is 4.90. The van der Waals surface area contributed by atoms with E-state index in [4.69, 9.17) is 0 Å².